The lowest BCUT2D eigenvalue weighted by molar-refractivity contribution is 0.102. The van der Waals surface area contributed by atoms with Crippen LogP contribution in [0.4, 0.5) is 5.69 Å². The highest BCUT2D eigenvalue weighted by Crippen LogP contribution is 2.21. The first-order chi connectivity index (χ1) is 8.97. The molecule has 0 bridgehead atoms. The summed E-state index contributed by atoms with van der Waals surface area (Å²) in [5.41, 5.74) is 8.71. The lowest BCUT2D eigenvalue weighted by atomic mass is 10.1. The molecule has 0 atom stereocenters. The van der Waals surface area contributed by atoms with E-state index in [1.54, 1.807) is 17.4 Å². The Morgan fingerprint density at radius 2 is 2.11 bits per heavy atom. The minimum Gasteiger partial charge on any atom is -0.389 e. The van der Waals surface area contributed by atoms with Gasteiger partial charge in [0.1, 0.15) is 4.99 Å². The first-order valence-electron chi connectivity index (χ1n) is 5.43. The summed E-state index contributed by atoms with van der Waals surface area (Å²) in [6, 6.07) is 7.39. The number of hydrogen-bond donors (Lipinski definition) is 2. The summed E-state index contributed by atoms with van der Waals surface area (Å²) in [5, 5.41) is 4.72. The lowest BCUT2D eigenvalue weighted by Crippen LogP contribution is -2.14. The van der Waals surface area contributed by atoms with Crippen LogP contribution in [0.25, 0.3) is 0 Å². The van der Waals surface area contributed by atoms with E-state index in [1.807, 2.05) is 30.5 Å². The Labute approximate surface area is 134 Å². The lowest BCUT2D eigenvalue weighted by Gasteiger charge is -2.09. The van der Waals surface area contributed by atoms with Crippen LogP contribution < -0.4 is 11.1 Å². The minimum absolute atomic E-state index is 0.123. The normalized spacial score (nSPS) is 10.2. The van der Waals surface area contributed by atoms with E-state index in [1.165, 1.54) is 0 Å². The second kappa shape index (κ2) is 5.98. The molecule has 2 aromatic rings. The van der Waals surface area contributed by atoms with Crippen molar-refractivity contribution < 1.29 is 4.79 Å². The van der Waals surface area contributed by atoms with Crippen molar-refractivity contribution in [2.75, 3.05) is 5.32 Å². The number of hydrogen-bond acceptors (Lipinski definition) is 3. The van der Waals surface area contributed by atoms with Gasteiger partial charge in [-0.15, -0.1) is 11.3 Å². The van der Waals surface area contributed by atoms with Gasteiger partial charge in [-0.25, -0.2) is 0 Å². The van der Waals surface area contributed by atoms with E-state index in [2.05, 4.69) is 27.9 Å². The van der Waals surface area contributed by atoms with Gasteiger partial charge in [0.05, 0.1) is 8.45 Å². The topological polar surface area (TPSA) is 55.1 Å². The Morgan fingerprint density at radius 1 is 1.37 bits per heavy atom. The van der Waals surface area contributed by atoms with Crippen LogP contribution in [0.2, 0.25) is 0 Å². The smallest absolute Gasteiger partial charge is 0.256 e. The molecule has 3 N–H and O–H groups in total. The Kier molecular flexibility index (Phi) is 4.54. The zero-order valence-electron chi connectivity index (χ0n) is 10.1. The van der Waals surface area contributed by atoms with Crippen LogP contribution in [-0.2, 0) is 0 Å². The molecular weight excluding hydrogens is 391 g/mol. The molecule has 0 saturated heterocycles. The molecular formula is C13H11IN2OS2. The van der Waals surface area contributed by atoms with Crippen molar-refractivity contribution in [2.45, 2.75) is 6.92 Å². The molecule has 0 aliphatic heterocycles. The molecule has 98 valence electrons. The Bertz CT molecular complexity index is 652. The van der Waals surface area contributed by atoms with Crippen molar-refractivity contribution in [1.29, 1.82) is 0 Å². The first-order valence-corrected chi connectivity index (χ1v) is 7.80. The third kappa shape index (κ3) is 3.52. The number of halogens is 1. The molecule has 0 saturated carbocycles. The molecule has 0 aliphatic carbocycles. The minimum atomic E-state index is -0.123. The largest absolute Gasteiger partial charge is 0.389 e. The van der Waals surface area contributed by atoms with Crippen LogP contribution >= 0.6 is 46.1 Å². The number of benzene rings is 1. The molecule has 19 heavy (non-hydrogen) atoms. The number of amides is 1. The molecule has 0 aliphatic rings. The number of carbonyl (C=O) groups is 1. The van der Waals surface area contributed by atoms with Crippen molar-refractivity contribution in [3.05, 3.63) is 49.2 Å². The molecule has 0 radical (unpaired) electrons. The van der Waals surface area contributed by atoms with E-state index < -0.39 is 0 Å². The maximum absolute atomic E-state index is 12.1. The summed E-state index contributed by atoms with van der Waals surface area (Å²) in [6.45, 7) is 1.93. The highest BCUT2D eigenvalue weighted by Gasteiger charge is 2.10. The van der Waals surface area contributed by atoms with Gasteiger partial charge in [0, 0.05) is 16.6 Å². The number of aryl methyl sites for hydroxylation is 1. The SMILES string of the molecule is Cc1ccc(C(N)=S)cc1NC(=O)c1csc(I)c1. The number of thiophene rings is 1. The fourth-order valence-electron chi connectivity index (χ4n) is 1.53. The van der Waals surface area contributed by atoms with Gasteiger partial charge >= 0.3 is 0 Å². The molecule has 2 rings (SSSR count). The van der Waals surface area contributed by atoms with Crippen LogP contribution in [-0.4, -0.2) is 10.9 Å². The van der Waals surface area contributed by atoms with Gasteiger partial charge in [-0.1, -0.05) is 24.4 Å². The summed E-state index contributed by atoms with van der Waals surface area (Å²) >= 11 is 8.67. The van der Waals surface area contributed by atoms with Crippen LogP contribution in [0.3, 0.4) is 0 Å². The Balaban J connectivity index is 2.25. The zero-order valence-corrected chi connectivity index (χ0v) is 13.9. The van der Waals surface area contributed by atoms with Gasteiger partial charge in [0.2, 0.25) is 0 Å². The number of thiocarbonyl (C=S) groups is 1. The molecule has 0 spiro atoms. The second-order valence-corrected chi connectivity index (χ2v) is 7.23. The average Bonchev–Trinajstić information content (AvgIpc) is 2.78. The standard InChI is InChI=1S/C13H11IN2OS2/c1-7-2-3-8(12(15)18)4-10(7)16-13(17)9-5-11(14)19-6-9/h2-6H,1H3,(H2,15,18)(H,16,17). The van der Waals surface area contributed by atoms with Crippen LogP contribution in [0.5, 0.6) is 0 Å². The monoisotopic (exact) mass is 402 g/mol. The number of anilines is 1. The van der Waals surface area contributed by atoms with Gasteiger partial charge in [0.25, 0.3) is 5.91 Å². The van der Waals surface area contributed by atoms with Crippen molar-refractivity contribution in [3.63, 3.8) is 0 Å². The van der Waals surface area contributed by atoms with Crippen LogP contribution in [0.15, 0.2) is 29.6 Å². The second-order valence-electron chi connectivity index (χ2n) is 3.99. The number of carbonyl (C=O) groups excluding carboxylic acids is 1. The van der Waals surface area contributed by atoms with E-state index in [4.69, 9.17) is 18.0 Å². The van der Waals surface area contributed by atoms with Crippen LogP contribution in [0.1, 0.15) is 21.5 Å². The highest BCUT2D eigenvalue weighted by atomic mass is 127. The maximum Gasteiger partial charge on any atom is 0.256 e. The fourth-order valence-corrected chi connectivity index (χ4v) is 2.99. The summed E-state index contributed by atoms with van der Waals surface area (Å²) in [5.74, 6) is -0.123. The quantitative estimate of drug-likeness (QED) is 0.610. The first kappa shape index (κ1) is 14.4. The molecule has 0 unspecified atom stereocenters. The van der Waals surface area contributed by atoms with E-state index in [0.717, 1.165) is 19.7 Å². The summed E-state index contributed by atoms with van der Waals surface area (Å²) in [4.78, 5) is 12.4. The molecule has 3 nitrogen and oxygen atoms in total. The number of rotatable bonds is 3. The van der Waals surface area contributed by atoms with E-state index >= 15 is 0 Å². The van der Waals surface area contributed by atoms with Crippen molar-refractivity contribution >= 4 is 62.7 Å². The maximum atomic E-state index is 12.1. The number of nitrogens with one attached hydrogen (secondary N) is 1. The third-order valence-electron chi connectivity index (χ3n) is 2.60. The third-order valence-corrected chi connectivity index (χ3v) is 4.62. The molecule has 1 aromatic carbocycles. The van der Waals surface area contributed by atoms with Gasteiger partial charge in [-0.05, 0) is 47.2 Å². The summed E-state index contributed by atoms with van der Waals surface area (Å²) in [7, 11) is 0. The molecule has 1 aromatic heterocycles. The molecule has 1 heterocycles. The Hall–Kier alpha value is -0.990. The van der Waals surface area contributed by atoms with Crippen molar-refractivity contribution in [1.82, 2.24) is 0 Å². The highest BCUT2D eigenvalue weighted by molar-refractivity contribution is 14.1. The average molecular weight is 402 g/mol. The van der Waals surface area contributed by atoms with Crippen LogP contribution in [0, 0.1) is 9.81 Å². The molecule has 0 fully saturated rings. The van der Waals surface area contributed by atoms with Crippen molar-refractivity contribution in [2.24, 2.45) is 5.73 Å². The van der Waals surface area contributed by atoms with E-state index in [-0.39, 0.29) is 5.91 Å². The predicted molar refractivity (Wildman–Crippen MR) is 92.1 cm³/mol. The Morgan fingerprint density at radius 3 is 2.68 bits per heavy atom. The summed E-state index contributed by atoms with van der Waals surface area (Å²) < 4.78 is 1.08. The van der Waals surface area contributed by atoms with E-state index in [9.17, 15) is 4.79 Å². The van der Waals surface area contributed by atoms with E-state index in [0.29, 0.717) is 10.6 Å². The van der Waals surface area contributed by atoms with Gasteiger partial charge in [0.15, 0.2) is 0 Å². The van der Waals surface area contributed by atoms with Gasteiger partial charge < -0.3 is 11.1 Å². The van der Waals surface area contributed by atoms with Gasteiger partial charge in [-0.3, -0.25) is 4.79 Å². The number of nitrogens with two attached hydrogens (primary N) is 1. The molecule has 6 heteroatoms. The predicted octanol–water partition coefficient (Wildman–Crippen LogP) is 3.55. The fraction of sp³-hybridized carbons (Fsp3) is 0.0769. The van der Waals surface area contributed by atoms with Gasteiger partial charge in [-0.2, -0.15) is 0 Å². The summed E-state index contributed by atoms with van der Waals surface area (Å²) in [6.07, 6.45) is 0. The van der Waals surface area contributed by atoms with Crippen molar-refractivity contribution in [3.8, 4) is 0 Å². The molecule has 1 amide bonds. The zero-order chi connectivity index (χ0) is 14.0.